The van der Waals surface area contributed by atoms with Crippen molar-refractivity contribution in [3.8, 4) is 11.5 Å². The number of benzene rings is 1. The molecule has 2 aliphatic rings. The van der Waals surface area contributed by atoms with Gasteiger partial charge in [0.15, 0.2) is 11.5 Å². The summed E-state index contributed by atoms with van der Waals surface area (Å²) in [5, 5.41) is 13.5. The average molecular weight is 446 g/mol. The number of nitrogens with one attached hydrogen (secondary N) is 1. The zero-order valence-electron chi connectivity index (χ0n) is 17.8. The van der Waals surface area contributed by atoms with Crippen molar-refractivity contribution in [2.75, 3.05) is 19.8 Å². The van der Waals surface area contributed by atoms with Gasteiger partial charge in [0.25, 0.3) is 5.91 Å². The van der Waals surface area contributed by atoms with Gasteiger partial charge in [-0.05, 0) is 29.3 Å². The molecule has 0 aliphatic carbocycles. The number of amides is 1. The fourth-order valence-electron chi connectivity index (χ4n) is 4.21. The SMILES string of the molecule is O=C1C(=O)N(CCC[n+]2cc[nH]c2)C(c2cccnc2)/C1=C(\[O-])c1ccc2c(c1)OCCO2. The number of aromatic amines is 1. The summed E-state index contributed by atoms with van der Waals surface area (Å²) in [6.45, 7) is 1.79. The molecule has 0 bridgehead atoms. The van der Waals surface area contributed by atoms with Crippen molar-refractivity contribution in [3.05, 3.63) is 78.1 Å². The molecule has 9 heteroatoms. The second kappa shape index (κ2) is 8.78. The zero-order chi connectivity index (χ0) is 22.8. The van der Waals surface area contributed by atoms with Crippen molar-refractivity contribution < 1.29 is 28.7 Å². The molecule has 2 aromatic heterocycles. The van der Waals surface area contributed by atoms with Crippen LogP contribution in [0.15, 0.2) is 67.0 Å². The Balaban J connectivity index is 1.52. The molecule has 1 atom stereocenters. The van der Waals surface area contributed by atoms with E-state index in [4.69, 9.17) is 9.47 Å². The van der Waals surface area contributed by atoms with Gasteiger partial charge in [0.05, 0.1) is 12.6 Å². The minimum Gasteiger partial charge on any atom is -0.872 e. The van der Waals surface area contributed by atoms with E-state index in [0.29, 0.717) is 49.8 Å². The number of rotatable bonds is 6. The number of aryl methyl sites for hydroxylation is 1. The molecule has 3 aromatic rings. The molecule has 1 unspecified atom stereocenters. The predicted octanol–water partition coefficient (Wildman–Crippen LogP) is 0.783. The van der Waals surface area contributed by atoms with Crippen LogP contribution in [0.5, 0.6) is 11.5 Å². The van der Waals surface area contributed by atoms with Crippen molar-refractivity contribution in [2.24, 2.45) is 0 Å². The maximum Gasteiger partial charge on any atom is 0.295 e. The van der Waals surface area contributed by atoms with Crippen molar-refractivity contribution >= 4 is 17.4 Å². The summed E-state index contributed by atoms with van der Waals surface area (Å²) in [6.07, 6.45) is 9.32. The first-order valence-corrected chi connectivity index (χ1v) is 10.7. The molecule has 168 valence electrons. The van der Waals surface area contributed by atoms with Crippen LogP contribution in [0, 0.1) is 0 Å². The highest BCUT2D eigenvalue weighted by Crippen LogP contribution is 2.40. The van der Waals surface area contributed by atoms with Gasteiger partial charge in [0.1, 0.15) is 25.6 Å². The Kier molecular flexibility index (Phi) is 5.52. The summed E-state index contributed by atoms with van der Waals surface area (Å²) in [4.78, 5) is 34.6. The quantitative estimate of drug-likeness (QED) is 0.259. The number of H-pyrrole nitrogens is 1. The minimum atomic E-state index is -0.796. The number of aromatic nitrogens is 3. The van der Waals surface area contributed by atoms with Crippen LogP contribution in [0.25, 0.3) is 5.76 Å². The minimum absolute atomic E-state index is 0.0704. The number of hydrogen-bond acceptors (Lipinski definition) is 6. The van der Waals surface area contributed by atoms with E-state index in [1.807, 2.05) is 17.1 Å². The van der Waals surface area contributed by atoms with Crippen LogP contribution in [-0.4, -0.2) is 46.3 Å². The highest BCUT2D eigenvalue weighted by molar-refractivity contribution is 6.46. The highest BCUT2D eigenvalue weighted by atomic mass is 16.6. The maximum atomic E-state index is 13.5. The number of nitrogens with zero attached hydrogens (tertiary/aromatic N) is 3. The van der Waals surface area contributed by atoms with Gasteiger partial charge in [-0.2, -0.15) is 0 Å². The van der Waals surface area contributed by atoms with Crippen molar-refractivity contribution in [3.63, 3.8) is 0 Å². The molecule has 1 fully saturated rings. The number of hydrogen-bond donors (Lipinski definition) is 1. The second-order valence-electron chi connectivity index (χ2n) is 7.82. The van der Waals surface area contributed by atoms with Gasteiger partial charge >= 0.3 is 0 Å². The molecule has 33 heavy (non-hydrogen) atoms. The topological polar surface area (TPSA) is 111 Å². The van der Waals surface area contributed by atoms with E-state index in [-0.39, 0.29) is 11.1 Å². The summed E-state index contributed by atoms with van der Waals surface area (Å²) in [5.41, 5.74) is 0.819. The molecule has 1 saturated heterocycles. The van der Waals surface area contributed by atoms with Gasteiger partial charge in [0, 0.05) is 30.9 Å². The molecular weight excluding hydrogens is 424 g/mol. The Morgan fingerprint density at radius 1 is 1.21 bits per heavy atom. The first-order valence-electron chi connectivity index (χ1n) is 10.7. The number of ether oxygens (including phenoxy) is 2. The average Bonchev–Trinajstić information content (AvgIpc) is 3.46. The van der Waals surface area contributed by atoms with E-state index >= 15 is 0 Å². The number of carbonyl (C=O) groups is 2. The lowest BCUT2D eigenvalue weighted by Crippen LogP contribution is -2.36. The maximum absolute atomic E-state index is 13.5. The normalized spacial score (nSPS) is 19.2. The van der Waals surface area contributed by atoms with Crippen molar-refractivity contribution in [2.45, 2.75) is 19.0 Å². The molecular formula is C24H22N4O5. The van der Waals surface area contributed by atoms with E-state index in [1.54, 1.807) is 48.9 Å². The fraction of sp³-hybridized carbons (Fsp3) is 0.250. The Morgan fingerprint density at radius 2 is 2.06 bits per heavy atom. The van der Waals surface area contributed by atoms with Crippen LogP contribution >= 0.6 is 0 Å². The molecule has 5 rings (SSSR count). The third-order valence-corrected chi connectivity index (χ3v) is 5.75. The van der Waals surface area contributed by atoms with Crippen LogP contribution in [0.4, 0.5) is 0 Å². The van der Waals surface area contributed by atoms with Crippen molar-refractivity contribution in [1.29, 1.82) is 0 Å². The number of imidazole rings is 1. The first kappa shape index (κ1) is 20.7. The number of Topliss-reactive ketones (excluding diaryl/α,β-unsaturated/α-hetero) is 1. The molecule has 9 nitrogen and oxygen atoms in total. The summed E-state index contributed by atoms with van der Waals surface area (Å²) >= 11 is 0. The molecule has 1 N–H and O–H groups in total. The molecule has 1 aromatic carbocycles. The smallest absolute Gasteiger partial charge is 0.295 e. The largest absolute Gasteiger partial charge is 0.872 e. The van der Waals surface area contributed by atoms with Gasteiger partial charge < -0.3 is 19.5 Å². The lowest BCUT2D eigenvalue weighted by Gasteiger charge is -2.27. The van der Waals surface area contributed by atoms with E-state index < -0.39 is 23.5 Å². The Bertz CT molecular complexity index is 1210. The third kappa shape index (κ3) is 3.93. The predicted molar refractivity (Wildman–Crippen MR) is 114 cm³/mol. The van der Waals surface area contributed by atoms with Gasteiger partial charge in [-0.3, -0.25) is 19.6 Å². The zero-order valence-corrected chi connectivity index (χ0v) is 17.8. The molecule has 0 radical (unpaired) electrons. The third-order valence-electron chi connectivity index (χ3n) is 5.75. The number of likely N-dealkylation sites (tertiary alicyclic amines) is 1. The Labute approximate surface area is 189 Å². The molecule has 0 spiro atoms. The van der Waals surface area contributed by atoms with E-state index in [1.165, 1.54) is 4.90 Å². The van der Waals surface area contributed by atoms with E-state index in [9.17, 15) is 14.7 Å². The molecule has 1 amide bonds. The number of ketones is 1. The van der Waals surface area contributed by atoms with Gasteiger partial charge in [0.2, 0.25) is 12.1 Å². The van der Waals surface area contributed by atoms with Crippen LogP contribution in [0.1, 0.15) is 23.6 Å². The number of pyridine rings is 1. The number of carbonyl (C=O) groups excluding carboxylic acids is 2. The molecule has 2 aliphatic heterocycles. The Hall–Kier alpha value is -4.14. The summed E-state index contributed by atoms with van der Waals surface area (Å²) < 4.78 is 13.1. The standard InChI is InChI=1S/C24H22N4O5/c29-22(16-4-5-18-19(13-16)33-12-11-32-18)20-21(17-3-1-6-25-14-17)28(24(31)23(20)30)9-2-8-27-10-7-26-15-27/h1,3-7,10,13-15,21H,2,8-9,11-12H2,(H,29,30). The second-order valence-corrected chi connectivity index (χ2v) is 7.82. The van der Waals surface area contributed by atoms with Crippen molar-refractivity contribution in [1.82, 2.24) is 14.9 Å². The lowest BCUT2D eigenvalue weighted by atomic mass is 9.96. The van der Waals surface area contributed by atoms with Crippen LogP contribution < -0.4 is 19.1 Å². The van der Waals surface area contributed by atoms with E-state index in [0.717, 1.165) is 0 Å². The van der Waals surface area contributed by atoms with Crippen LogP contribution in [0.2, 0.25) is 0 Å². The molecule has 4 heterocycles. The summed E-state index contributed by atoms with van der Waals surface area (Å²) in [7, 11) is 0. The van der Waals surface area contributed by atoms with Gasteiger partial charge in [-0.25, -0.2) is 4.57 Å². The lowest BCUT2D eigenvalue weighted by molar-refractivity contribution is -0.695. The highest BCUT2D eigenvalue weighted by Gasteiger charge is 2.44. The fourth-order valence-corrected chi connectivity index (χ4v) is 4.21. The summed E-state index contributed by atoms with van der Waals surface area (Å²) in [6, 6.07) is 7.50. The van der Waals surface area contributed by atoms with Crippen LogP contribution in [0.3, 0.4) is 0 Å². The van der Waals surface area contributed by atoms with Gasteiger partial charge in [-0.15, -0.1) is 0 Å². The summed E-state index contributed by atoms with van der Waals surface area (Å²) in [5.74, 6) is -0.962. The molecule has 0 saturated carbocycles. The van der Waals surface area contributed by atoms with E-state index in [2.05, 4.69) is 9.97 Å². The number of fused-ring (bicyclic) bond motifs is 1. The van der Waals surface area contributed by atoms with Crippen LogP contribution in [-0.2, 0) is 16.1 Å². The van der Waals surface area contributed by atoms with Gasteiger partial charge in [-0.1, -0.05) is 17.9 Å². The monoisotopic (exact) mass is 446 g/mol. The Morgan fingerprint density at radius 3 is 2.82 bits per heavy atom. The first-order chi connectivity index (χ1) is 16.1.